The fourth-order valence-electron chi connectivity index (χ4n) is 2.98. The predicted molar refractivity (Wildman–Crippen MR) is 122 cm³/mol. The van der Waals surface area contributed by atoms with Gasteiger partial charge in [0, 0.05) is 17.8 Å². The zero-order valence-corrected chi connectivity index (χ0v) is 18.9. The van der Waals surface area contributed by atoms with E-state index in [1.54, 1.807) is 23.6 Å². The first kappa shape index (κ1) is 23.0. The zero-order valence-electron chi connectivity index (χ0n) is 18.1. The number of amides is 2. The Hall–Kier alpha value is -2.27. The average Bonchev–Trinajstić information content (AvgIpc) is 2.65. The van der Waals surface area contributed by atoms with E-state index < -0.39 is 6.04 Å². The molecule has 0 fully saturated rings. The van der Waals surface area contributed by atoms with Crippen LogP contribution in [0.3, 0.4) is 0 Å². The van der Waals surface area contributed by atoms with Gasteiger partial charge in [-0.2, -0.15) is 0 Å². The maximum atomic E-state index is 13.0. The Morgan fingerprint density at radius 2 is 1.69 bits per heavy atom. The van der Waals surface area contributed by atoms with Gasteiger partial charge in [0.15, 0.2) is 0 Å². The third kappa shape index (κ3) is 7.94. The highest BCUT2D eigenvalue weighted by Crippen LogP contribution is 2.17. The molecule has 0 aliphatic heterocycles. The SMILES string of the molecule is Cc1cccc(CSCC(=O)N(Cc2ccccc2)[C@@H](C)C(=O)NC(C)(C)C)c1. The van der Waals surface area contributed by atoms with Gasteiger partial charge in [0.2, 0.25) is 11.8 Å². The Kier molecular flexibility index (Phi) is 8.32. The van der Waals surface area contributed by atoms with Crippen molar-refractivity contribution in [3.63, 3.8) is 0 Å². The molecular formula is C24H32N2O2S. The van der Waals surface area contributed by atoms with Crippen LogP contribution < -0.4 is 5.32 Å². The molecule has 0 spiro atoms. The maximum Gasteiger partial charge on any atom is 0.242 e. The van der Waals surface area contributed by atoms with Crippen molar-refractivity contribution < 1.29 is 9.59 Å². The summed E-state index contributed by atoms with van der Waals surface area (Å²) < 4.78 is 0. The van der Waals surface area contributed by atoms with Crippen LogP contribution in [0.15, 0.2) is 54.6 Å². The molecule has 2 rings (SSSR count). The lowest BCUT2D eigenvalue weighted by Crippen LogP contribution is -2.52. The van der Waals surface area contributed by atoms with Crippen LogP contribution in [-0.2, 0) is 21.9 Å². The number of rotatable bonds is 8. The van der Waals surface area contributed by atoms with Crippen LogP contribution >= 0.6 is 11.8 Å². The molecule has 29 heavy (non-hydrogen) atoms. The fourth-order valence-corrected chi connectivity index (χ4v) is 3.84. The second kappa shape index (κ2) is 10.5. The lowest BCUT2D eigenvalue weighted by atomic mass is 10.1. The monoisotopic (exact) mass is 412 g/mol. The third-order valence-corrected chi connectivity index (χ3v) is 5.43. The highest BCUT2D eigenvalue weighted by molar-refractivity contribution is 7.99. The lowest BCUT2D eigenvalue weighted by molar-refractivity contribution is -0.139. The first-order chi connectivity index (χ1) is 13.7. The molecule has 156 valence electrons. The van der Waals surface area contributed by atoms with E-state index in [1.807, 2.05) is 57.2 Å². The van der Waals surface area contributed by atoms with Gasteiger partial charge in [-0.3, -0.25) is 9.59 Å². The molecule has 0 aliphatic carbocycles. The van der Waals surface area contributed by atoms with Crippen molar-refractivity contribution in [1.29, 1.82) is 0 Å². The Morgan fingerprint density at radius 3 is 2.31 bits per heavy atom. The minimum absolute atomic E-state index is 0.0249. The van der Waals surface area contributed by atoms with Gasteiger partial charge < -0.3 is 10.2 Å². The molecule has 1 atom stereocenters. The van der Waals surface area contributed by atoms with Crippen molar-refractivity contribution in [3.8, 4) is 0 Å². The molecule has 2 amide bonds. The van der Waals surface area contributed by atoms with E-state index in [0.29, 0.717) is 12.3 Å². The van der Waals surface area contributed by atoms with Crippen molar-refractivity contribution in [2.24, 2.45) is 0 Å². The smallest absolute Gasteiger partial charge is 0.242 e. The van der Waals surface area contributed by atoms with E-state index in [0.717, 1.165) is 11.3 Å². The molecule has 2 aromatic carbocycles. The van der Waals surface area contributed by atoms with E-state index >= 15 is 0 Å². The summed E-state index contributed by atoms with van der Waals surface area (Å²) in [6, 6.07) is 17.6. The normalized spacial score (nSPS) is 12.3. The number of aryl methyl sites for hydroxylation is 1. The summed E-state index contributed by atoms with van der Waals surface area (Å²) in [5.41, 5.74) is 3.09. The van der Waals surface area contributed by atoms with Gasteiger partial charge in [-0.15, -0.1) is 11.8 Å². The standard InChI is InChI=1S/C24H32N2O2S/c1-18-10-9-13-21(14-18)16-29-17-22(27)26(15-20-11-7-6-8-12-20)19(2)23(28)25-24(3,4)5/h6-14,19H,15-17H2,1-5H3,(H,25,28)/t19-/m0/s1. The van der Waals surface area contributed by atoms with Crippen LogP contribution in [0, 0.1) is 6.92 Å². The number of nitrogens with zero attached hydrogens (tertiary/aromatic N) is 1. The van der Waals surface area contributed by atoms with Crippen LogP contribution in [0.1, 0.15) is 44.4 Å². The number of benzene rings is 2. The van der Waals surface area contributed by atoms with Crippen molar-refractivity contribution in [3.05, 3.63) is 71.3 Å². The quantitative estimate of drug-likeness (QED) is 0.691. The van der Waals surface area contributed by atoms with Gasteiger partial charge in [0.05, 0.1) is 5.75 Å². The summed E-state index contributed by atoms with van der Waals surface area (Å²) in [5, 5.41) is 2.99. The summed E-state index contributed by atoms with van der Waals surface area (Å²) in [6.07, 6.45) is 0. The Bertz CT molecular complexity index is 815. The minimum atomic E-state index is -0.540. The van der Waals surface area contributed by atoms with Crippen LogP contribution in [0.2, 0.25) is 0 Å². The highest BCUT2D eigenvalue weighted by Gasteiger charge is 2.28. The zero-order chi connectivity index (χ0) is 21.4. The van der Waals surface area contributed by atoms with Gasteiger partial charge in [-0.05, 0) is 45.7 Å². The molecular weight excluding hydrogens is 380 g/mol. The van der Waals surface area contributed by atoms with Crippen molar-refractivity contribution in [2.45, 2.75) is 58.5 Å². The average molecular weight is 413 g/mol. The van der Waals surface area contributed by atoms with Crippen molar-refractivity contribution >= 4 is 23.6 Å². The van der Waals surface area contributed by atoms with Crippen LogP contribution in [0.5, 0.6) is 0 Å². The summed E-state index contributed by atoms with van der Waals surface area (Å²) in [5.74, 6) is 0.955. The number of carbonyl (C=O) groups excluding carboxylic acids is 2. The molecule has 2 aromatic rings. The van der Waals surface area contributed by atoms with Gasteiger partial charge >= 0.3 is 0 Å². The highest BCUT2D eigenvalue weighted by atomic mass is 32.2. The summed E-state index contributed by atoms with van der Waals surface area (Å²) in [4.78, 5) is 27.4. The molecule has 4 nitrogen and oxygen atoms in total. The molecule has 0 aliphatic rings. The van der Waals surface area contributed by atoms with Crippen molar-refractivity contribution in [1.82, 2.24) is 10.2 Å². The predicted octanol–water partition coefficient (Wildman–Crippen LogP) is 4.56. The fraction of sp³-hybridized carbons (Fsp3) is 0.417. The first-order valence-electron chi connectivity index (χ1n) is 9.94. The molecule has 0 heterocycles. The third-order valence-electron chi connectivity index (χ3n) is 4.44. The summed E-state index contributed by atoms with van der Waals surface area (Å²) in [7, 11) is 0. The summed E-state index contributed by atoms with van der Waals surface area (Å²) >= 11 is 1.58. The van der Waals surface area contributed by atoms with E-state index in [2.05, 4.69) is 30.4 Å². The van der Waals surface area contributed by atoms with Gasteiger partial charge in [-0.25, -0.2) is 0 Å². The van der Waals surface area contributed by atoms with E-state index in [4.69, 9.17) is 0 Å². The largest absolute Gasteiger partial charge is 0.350 e. The molecule has 0 bridgehead atoms. The van der Waals surface area contributed by atoms with Crippen LogP contribution in [-0.4, -0.2) is 34.0 Å². The molecule has 1 N–H and O–H groups in total. The van der Waals surface area contributed by atoms with Crippen LogP contribution in [0.4, 0.5) is 0 Å². The Morgan fingerprint density at radius 1 is 1.03 bits per heavy atom. The topological polar surface area (TPSA) is 49.4 Å². The van der Waals surface area contributed by atoms with E-state index in [9.17, 15) is 9.59 Å². The number of carbonyl (C=O) groups is 2. The van der Waals surface area contributed by atoms with E-state index in [1.165, 1.54) is 11.1 Å². The lowest BCUT2D eigenvalue weighted by Gasteiger charge is -2.31. The maximum absolute atomic E-state index is 13.0. The van der Waals surface area contributed by atoms with Crippen molar-refractivity contribution in [2.75, 3.05) is 5.75 Å². The second-order valence-corrected chi connectivity index (χ2v) is 9.39. The summed E-state index contributed by atoms with van der Waals surface area (Å²) in [6.45, 7) is 10.1. The second-order valence-electron chi connectivity index (χ2n) is 8.40. The van der Waals surface area contributed by atoms with E-state index in [-0.39, 0.29) is 17.4 Å². The number of thioether (sulfide) groups is 1. The number of nitrogens with one attached hydrogen (secondary N) is 1. The van der Waals surface area contributed by atoms with Gasteiger partial charge in [-0.1, -0.05) is 60.2 Å². The first-order valence-corrected chi connectivity index (χ1v) is 11.1. The molecule has 5 heteroatoms. The number of hydrogen-bond acceptors (Lipinski definition) is 3. The van der Waals surface area contributed by atoms with Gasteiger partial charge in [0.1, 0.15) is 6.04 Å². The van der Waals surface area contributed by atoms with Crippen LogP contribution in [0.25, 0.3) is 0 Å². The molecule has 0 aromatic heterocycles. The number of hydrogen-bond donors (Lipinski definition) is 1. The Balaban J connectivity index is 2.06. The Labute approximate surface area is 179 Å². The van der Waals surface area contributed by atoms with Gasteiger partial charge in [0.25, 0.3) is 0 Å². The minimum Gasteiger partial charge on any atom is -0.350 e. The molecule has 0 radical (unpaired) electrons. The molecule has 0 unspecified atom stereocenters. The molecule has 0 saturated heterocycles. The molecule has 0 saturated carbocycles.